The third-order valence-corrected chi connectivity index (χ3v) is 4.93. The molecule has 0 saturated heterocycles. The van der Waals surface area contributed by atoms with E-state index in [2.05, 4.69) is 66.5 Å². The highest BCUT2D eigenvalue weighted by Gasteiger charge is 2.18. The predicted molar refractivity (Wildman–Crippen MR) is 111 cm³/mol. The number of aryl methyl sites for hydroxylation is 1. The lowest BCUT2D eigenvalue weighted by Crippen LogP contribution is -1.99. The van der Waals surface area contributed by atoms with Gasteiger partial charge in [0.15, 0.2) is 0 Å². The van der Waals surface area contributed by atoms with Crippen molar-refractivity contribution in [2.45, 2.75) is 6.92 Å². The molecule has 0 fully saturated rings. The molecule has 2 aromatic heterocycles. The van der Waals surface area contributed by atoms with E-state index < -0.39 is 0 Å². The first-order valence-electron chi connectivity index (χ1n) is 9.10. The summed E-state index contributed by atoms with van der Waals surface area (Å²) in [5.74, 6) is 0. The minimum absolute atomic E-state index is 0.971. The van der Waals surface area contributed by atoms with Gasteiger partial charge >= 0.3 is 0 Å². The molecule has 0 radical (unpaired) electrons. The number of benzene rings is 3. The van der Waals surface area contributed by atoms with Gasteiger partial charge in [0.25, 0.3) is 0 Å². The van der Waals surface area contributed by atoms with Crippen LogP contribution in [0.25, 0.3) is 39.1 Å². The molecule has 0 aliphatic carbocycles. The van der Waals surface area contributed by atoms with Gasteiger partial charge in [0.1, 0.15) is 0 Å². The smallest absolute Gasteiger partial charge is 0.0934 e. The molecule has 3 aromatic carbocycles. The molecule has 5 rings (SSSR count). The maximum Gasteiger partial charge on any atom is 0.0934 e. The summed E-state index contributed by atoms with van der Waals surface area (Å²) in [5, 5.41) is 6.17. The summed E-state index contributed by atoms with van der Waals surface area (Å²) in [5.41, 5.74) is 7.73. The van der Waals surface area contributed by atoms with Crippen LogP contribution in [0.3, 0.4) is 0 Å². The van der Waals surface area contributed by atoms with Crippen LogP contribution in [-0.4, -0.2) is 14.8 Å². The number of nitrogens with one attached hydrogen (secondary N) is 1. The molecule has 130 valence electrons. The van der Waals surface area contributed by atoms with Gasteiger partial charge < -0.3 is 4.98 Å². The van der Waals surface area contributed by atoms with E-state index in [4.69, 9.17) is 5.10 Å². The van der Waals surface area contributed by atoms with E-state index in [0.717, 1.165) is 33.8 Å². The van der Waals surface area contributed by atoms with E-state index in [9.17, 15) is 0 Å². The number of aromatic amines is 1. The number of hydrogen-bond acceptors (Lipinski definition) is 1. The van der Waals surface area contributed by atoms with Gasteiger partial charge in [-0.25, -0.2) is 4.68 Å². The third-order valence-electron chi connectivity index (χ3n) is 4.93. The molecule has 0 aliphatic rings. The fourth-order valence-corrected chi connectivity index (χ4v) is 3.68. The minimum atomic E-state index is 0.971. The number of nitrogens with zero attached hydrogens (tertiary/aromatic N) is 2. The Hall–Kier alpha value is -3.59. The van der Waals surface area contributed by atoms with Crippen molar-refractivity contribution in [1.82, 2.24) is 14.8 Å². The van der Waals surface area contributed by atoms with Gasteiger partial charge in [-0.2, -0.15) is 5.10 Å². The van der Waals surface area contributed by atoms with Crippen LogP contribution in [0, 0.1) is 6.92 Å². The van der Waals surface area contributed by atoms with Crippen molar-refractivity contribution in [3.05, 3.63) is 96.7 Å². The number of para-hydroxylation sites is 2. The summed E-state index contributed by atoms with van der Waals surface area (Å²) >= 11 is 0. The molecule has 0 bridgehead atoms. The zero-order valence-corrected chi connectivity index (χ0v) is 15.1. The SMILES string of the molecule is Cc1[nH]c2ccccc2c1-c1cc(-c2ccccc2)nn1-c1ccccc1. The molecular weight excluding hydrogens is 330 g/mol. The zero-order chi connectivity index (χ0) is 18.2. The molecule has 0 aliphatic heterocycles. The van der Waals surface area contributed by atoms with Crippen molar-refractivity contribution in [2.24, 2.45) is 0 Å². The average Bonchev–Trinajstić information content (AvgIpc) is 3.29. The summed E-state index contributed by atoms with van der Waals surface area (Å²) in [6, 6.07) is 31.3. The molecular formula is C24H19N3. The highest BCUT2D eigenvalue weighted by molar-refractivity contribution is 5.97. The monoisotopic (exact) mass is 349 g/mol. The molecule has 5 aromatic rings. The van der Waals surface area contributed by atoms with Crippen molar-refractivity contribution in [3.8, 4) is 28.2 Å². The Bertz CT molecular complexity index is 1210. The highest BCUT2D eigenvalue weighted by Crippen LogP contribution is 2.35. The first-order chi connectivity index (χ1) is 13.3. The molecule has 3 nitrogen and oxygen atoms in total. The van der Waals surface area contributed by atoms with Crippen molar-refractivity contribution in [1.29, 1.82) is 0 Å². The van der Waals surface area contributed by atoms with Gasteiger partial charge in [-0.05, 0) is 31.2 Å². The second kappa shape index (κ2) is 6.29. The summed E-state index contributed by atoms with van der Waals surface area (Å²) in [4.78, 5) is 3.51. The topological polar surface area (TPSA) is 33.6 Å². The molecule has 2 heterocycles. The Morgan fingerprint density at radius 2 is 1.44 bits per heavy atom. The zero-order valence-electron chi connectivity index (χ0n) is 15.1. The average molecular weight is 349 g/mol. The number of fused-ring (bicyclic) bond motifs is 1. The molecule has 0 amide bonds. The largest absolute Gasteiger partial charge is 0.358 e. The Kier molecular flexibility index (Phi) is 3.65. The Morgan fingerprint density at radius 3 is 2.22 bits per heavy atom. The Balaban J connectivity index is 1.80. The maximum atomic E-state index is 4.96. The van der Waals surface area contributed by atoms with E-state index in [1.165, 1.54) is 10.9 Å². The van der Waals surface area contributed by atoms with E-state index in [-0.39, 0.29) is 0 Å². The quantitative estimate of drug-likeness (QED) is 0.426. The Labute approximate surface area is 157 Å². The van der Waals surface area contributed by atoms with Crippen LogP contribution in [0.4, 0.5) is 0 Å². The Morgan fingerprint density at radius 1 is 0.778 bits per heavy atom. The standard InChI is InChI=1S/C24H19N3/c1-17-24(20-14-8-9-15-21(20)25-17)23-16-22(18-10-4-2-5-11-18)26-27(23)19-12-6-3-7-13-19/h2-16,25H,1H3. The van der Waals surface area contributed by atoms with Crippen LogP contribution in [0.1, 0.15) is 5.69 Å². The first kappa shape index (κ1) is 15.6. The number of aromatic nitrogens is 3. The predicted octanol–water partition coefficient (Wildman–Crippen LogP) is 6.00. The summed E-state index contributed by atoms with van der Waals surface area (Å²) in [6.07, 6.45) is 0. The minimum Gasteiger partial charge on any atom is -0.358 e. The number of hydrogen-bond donors (Lipinski definition) is 1. The van der Waals surface area contributed by atoms with Crippen LogP contribution in [0.5, 0.6) is 0 Å². The van der Waals surface area contributed by atoms with Crippen LogP contribution >= 0.6 is 0 Å². The van der Waals surface area contributed by atoms with E-state index in [0.29, 0.717) is 0 Å². The van der Waals surface area contributed by atoms with Crippen LogP contribution < -0.4 is 0 Å². The van der Waals surface area contributed by atoms with Gasteiger partial charge in [0.2, 0.25) is 0 Å². The molecule has 0 unspecified atom stereocenters. The van der Waals surface area contributed by atoms with Gasteiger partial charge in [-0.1, -0.05) is 66.7 Å². The second-order valence-corrected chi connectivity index (χ2v) is 6.70. The summed E-state index contributed by atoms with van der Waals surface area (Å²) in [6.45, 7) is 2.12. The van der Waals surface area contributed by atoms with Crippen LogP contribution in [0.2, 0.25) is 0 Å². The van der Waals surface area contributed by atoms with Gasteiger partial charge in [-0.3, -0.25) is 0 Å². The number of H-pyrrole nitrogens is 1. The van der Waals surface area contributed by atoms with Gasteiger partial charge in [-0.15, -0.1) is 0 Å². The fourth-order valence-electron chi connectivity index (χ4n) is 3.68. The van der Waals surface area contributed by atoms with Crippen LogP contribution in [0.15, 0.2) is 91.0 Å². The molecule has 0 spiro atoms. The molecule has 0 saturated carbocycles. The van der Waals surface area contributed by atoms with Crippen LogP contribution in [-0.2, 0) is 0 Å². The normalized spacial score (nSPS) is 11.1. The van der Waals surface area contributed by atoms with Crippen molar-refractivity contribution in [3.63, 3.8) is 0 Å². The maximum absolute atomic E-state index is 4.96. The summed E-state index contributed by atoms with van der Waals surface area (Å²) < 4.78 is 2.05. The van der Waals surface area contributed by atoms with E-state index in [1.807, 2.05) is 41.1 Å². The molecule has 27 heavy (non-hydrogen) atoms. The molecule has 0 atom stereocenters. The van der Waals surface area contributed by atoms with Gasteiger partial charge in [0, 0.05) is 27.7 Å². The van der Waals surface area contributed by atoms with Crippen molar-refractivity contribution < 1.29 is 0 Å². The lowest BCUT2D eigenvalue weighted by Gasteiger charge is -2.08. The second-order valence-electron chi connectivity index (χ2n) is 6.70. The first-order valence-corrected chi connectivity index (χ1v) is 9.10. The number of rotatable bonds is 3. The van der Waals surface area contributed by atoms with Crippen molar-refractivity contribution >= 4 is 10.9 Å². The van der Waals surface area contributed by atoms with Gasteiger partial charge in [0.05, 0.1) is 17.1 Å². The lowest BCUT2D eigenvalue weighted by molar-refractivity contribution is 0.891. The van der Waals surface area contributed by atoms with E-state index in [1.54, 1.807) is 0 Å². The fraction of sp³-hybridized carbons (Fsp3) is 0.0417. The highest BCUT2D eigenvalue weighted by atomic mass is 15.3. The summed E-state index contributed by atoms with van der Waals surface area (Å²) in [7, 11) is 0. The van der Waals surface area contributed by atoms with Crippen molar-refractivity contribution in [2.75, 3.05) is 0 Å². The molecule has 1 N–H and O–H groups in total. The molecule has 3 heteroatoms. The van der Waals surface area contributed by atoms with E-state index >= 15 is 0 Å². The lowest BCUT2D eigenvalue weighted by atomic mass is 10.1. The third kappa shape index (κ3) is 2.64.